The number of anilines is 1. The van der Waals surface area contributed by atoms with Gasteiger partial charge in [-0.15, -0.1) is 11.3 Å². The first-order valence-corrected chi connectivity index (χ1v) is 10.5. The number of imidazole rings is 1. The van der Waals surface area contributed by atoms with E-state index in [0.717, 1.165) is 30.6 Å². The normalized spacial score (nSPS) is 21.4. The summed E-state index contributed by atoms with van der Waals surface area (Å²) >= 11 is 1.50. The minimum Gasteiger partial charge on any atom is -0.388 e. The van der Waals surface area contributed by atoms with Gasteiger partial charge in [0.15, 0.2) is 34.9 Å². The Bertz CT molecular complexity index is 1050. The van der Waals surface area contributed by atoms with Gasteiger partial charge in [-0.05, 0) is 23.8 Å². The molecule has 1 aliphatic rings. The molecule has 4 N–H and O–H groups in total. The molecule has 0 radical (unpaired) electrons. The summed E-state index contributed by atoms with van der Waals surface area (Å²) in [5, 5.41) is 22.3. The number of aliphatic hydroxyl groups is 2. The third-order valence-electron chi connectivity index (χ3n) is 4.79. The van der Waals surface area contributed by atoms with Crippen molar-refractivity contribution in [2.24, 2.45) is 0 Å². The van der Waals surface area contributed by atoms with Crippen LogP contribution in [-0.2, 0) is 4.74 Å². The minimum absolute atomic E-state index is 0.0211. The molecule has 3 aromatic rings. The molecule has 1 saturated heterocycles. The molecule has 4 heterocycles. The maximum atomic E-state index is 10.4. The number of nitrogen functional groups attached to an aromatic ring is 1. The quantitative estimate of drug-likeness (QED) is 0.434. The molecule has 4 rings (SSSR count). The number of nitrogens with zero attached hydrogens (tertiary/aromatic N) is 4. The molecule has 1 unspecified atom stereocenters. The average molecular weight is 414 g/mol. The van der Waals surface area contributed by atoms with Gasteiger partial charge >= 0.3 is 0 Å². The van der Waals surface area contributed by atoms with Gasteiger partial charge in [-0.25, -0.2) is 15.0 Å². The molecular formula is C20H23N5O3S. The number of ether oxygens (including phenoxy) is 1. The summed E-state index contributed by atoms with van der Waals surface area (Å²) in [4.78, 5) is 14.4. The number of nitrogens with two attached hydrogens (primary N) is 1. The average Bonchev–Trinajstić information content (AvgIpc) is 3.43. The van der Waals surface area contributed by atoms with E-state index in [0.29, 0.717) is 22.8 Å². The van der Waals surface area contributed by atoms with Gasteiger partial charge in [0.25, 0.3) is 0 Å². The molecule has 0 aliphatic carbocycles. The standard InChI is InChI=1S/C20H23N5O3S/c1-2-3-4-5-6-9-14-22-15-17(21)23-18(13-8-7-10-29-13)24-19(15)25(14)20-16(27)12(26)11-28-20/h7-8,10,12,16,20,26-27H,2-5,11H2,1H3,(H2,21,23,24)/t12-,16?,20+/m0/s1. The van der Waals surface area contributed by atoms with E-state index < -0.39 is 18.4 Å². The molecule has 0 saturated carbocycles. The highest BCUT2D eigenvalue weighted by Gasteiger charge is 2.38. The number of rotatable bonds is 5. The molecule has 3 aromatic heterocycles. The fourth-order valence-electron chi connectivity index (χ4n) is 3.26. The van der Waals surface area contributed by atoms with Crippen molar-refractivity contribution in [3.05, 3.63) is 23.3 Å². The second-order valence-corrected chi connectivity index (χ2v) is 7.88. The fourth-order valence-corrected chi connectivity index (χ4v) is 3.91. The van der Waals surface area contributed by atoms with Crippen LogP contribution in [0.25, 0.3) is 21.9 Å². The molecule has 0 amide bonds. The Morgan fingerprint density at radius 3 is 2.86 bits per heavy atom. The first kappa shape index (κ1) is 19.8. The number of hydrogen-bond donors (Lipinski definition) is 3. The van der Waals surface area contributed by atoms with Crippen molar-refractivity contribution in [3.63, 3.8) is 0 Å². The third kappa shape index (κ3) is 3.84. The number of thiophene rings is 1. The van der Waals surface area contributed by atoms with Crippen molar-refractivity contribution < 1.29 is 14.9 Å². The van der Waals surface area contributed by atoms with Crippen molar-refractivity contribution in [2.45, 2.75) is 51.0 Å². The molecule has 29 heavy (non-hydrogen) atoms. The van der Waals surface area contributed by atoms with E-state index in [1.54, 1.807) is 4.57 Å². The maximum absolute atomic E-state index is 10.4. The highest BCUT2D eigenvalue weighted by atomic mass is 32.1. The van der Waals surface area contributed by atoms with Crippen LogP contribution < -0.4 is 5.73 Å². The van der Waals surface area contributed by atoms with E-state index in [2.05, 4.69) is 33.7 Å². The summed E-state index contributed by atoms with van der Waals surface area (Å²) in [7, 11) is 0. The lowest BCUT2D eigenvalue weighted by Crippen LogP contribution is -2.29. The summed E-state index contributed by atoms with van der Waals surface area (Å²) < 4.78 is 7.27. The van der Waals surface area contributed by atoms with Crippen molar-refractivity contribution in [2.75, 3.05) is 12.3 Å². The molecule has 0 spiro atoms. The van der Waals surface area contributed by atoms with Gasteiger partial charge in [-0.1, -0.05) is 31.8 Å². The zero-order chi connectivity index (χ0) is 20.4. The largest absolute Gasteiger partial charge is 0.388 e. The molecule has 3 atom stereocenters. The lowest BCUT2D eigenvalue weighted by atomic mass is 10.2. The zero-order valence-corrected chi connectivity index (χ0v) is 16.9. The Balaban J connectivity index is 1.83. The highest BCUT2D eigenvalue weighted by Crippen LogP contribution is 2.32. The van der Waals surface area contributed by atoms with E-state index in [1.807, 2.05) is 17.5 Å². The third-order valence-corrected chi connectivity index (χ3v) is 5.66. The van der Waals surface area contributed by atoms with Gasteiger partial charge in [0, 0.05) is 6.42 Å². The monoisotopic (exact) mass is 413 g/mol. The Labute approximate surface area is 172 Å². The molecule has 9 heteroatoms. The molecular weight excluding hydrogens is 390 g/mol. The van der Waals surface area contributed by atoms with Crippen molar-refractivity contribution >= 4 is 28.3 Å². The van der Waals surface area contributed by atoms with Crippen LogP contribution in [0.1, 0.15) is 44.7 Å². The van der Waals surface area contributed by atoms with Gasteiger partial charge in [0.1, 0.15) is 12.2 Å². The summed E-state index contributed by atoms with van der Waals surface area (Å²) in [6.45, 7) is 2.16. The molecule has 0 bridgehead atoms. The number of fused-ring (bicyclic) bond motifs is 1. The second-order valence-electron chi connectivity index (χ2n) is 6.93. The van der Waals surface area contributed by atoms with E-state index in [1.165, 1.54) is 11.3 Å². The number of unbranched alkanes of at least 4 members (excludes halogenated alkanes) is 3. The molecule has 1 fully saturated rings. The van der Waals surface area contributed by atoms with Gasteiger partial charge < -0.3 is 20.7 Å². The second kappa shape index (κ2) is 8.47. The SMILES string of the molecule is CCCCCC#Cc1nc2c(N)nc(-c3cccs3)nc2n1[C@@H]1OC[C@H](O)C1O. The van der Waals surface area contributed by atoms with E-state index >= 15 is 0 Å². The summed E-state index contributed by atoms with van der Waals surface area (Å²) in [5.74, 6) is 7.29. The predicted molar refractivity (Wildman–Crippen MR) is 111 cm³/mol. The predicted octanol–water partition coefficient (Wildman–Crippen LogP) is 2.32. The highest BCUT2D eigenvalue weighted by molar-refractivity contribution is 7.13. The molecule has 0 aromatic carbocycles. The lowest BCUT2D eigenvalue weighted by molar-refractivity contribution is -0.0167. The fraction of sp³-hybridized carbons (Fsp3) is 0.450. The van der Waals surface area contributed by atoms with Crippen LogP contribution in [0.5, 0.6) is 0 Å². The van der Waals surface area contributed by atoms with Crippen LogP contribution in [0.2, 0.25) is 0 Å². The van der Waals surface area contributed by atoms with Gasteiger partial charge in [0.05, 0.1) is 11.5 Å². The van der Waals surface area contributed by atoms with Crippen molar-refractivity contribution in [1.29, 1.82) is 0 Å². The Morgan fingerprint density at radius 2 is 2.17 bits per heavy atom. The van der Waals surface area contributed by atoms with Gasteiger partial charge in [0.2, 0.25) is 0 Å². The Hall–Kier alpha value is -2.51. The topological polar surface area (TPSA) is 119 Å². The van der Waals surface area contributed by atoms with Crippen LogP contribution in [0, 0.1) is 11.8 Å². The smallest absolute Gasteiger partial charge is 0.189 e. The Kier molecular flexibility index (Phi) is 5.78. The summed E-state index contributed by atoms with van der Waals surface area (Å²) in [6, 6.07) is 3.82. The first-order valence-electron chi connectivity index (χ1n) is 9.66. The zero-order valence-electron chi connectivity index (χ0n) is 16.1. The lowest BCUT2D eigenvalue weighted by Gasteiger charge is -2.18. The summed E-state index contributed by atoms with van der Waals surface area (Å²) in [5.41, 5.74) is 7.01. The molecule has 8 nitrogen and oxygen atoms in total. The van der Waals surface area contributed by atoms with E-state index in [9.17, 15) is 10.2 Å². The van der Waals surface area contributed by atoms with E-state index in [-0.39, 0.29) is 12.4 Å². The van der Waals surface area contributed by atoms with E-state index in [4.69, 9.17) is 10.5 Å². The van der Waals surface area contributed by atoms with Gasteiger partial charge in [-0.2, -0.15) is 0 Å². The maximum Gasteiger partial charge on any atom is 0.189 e. The first-order chi connectivity index (χ1) is 14.1. The number of aromatic nitrogens is 4. The van der Waals surface area contributed by atoms with Crippen LogP contribution in [0.3, 0.4) is 0 Å². The number of aliphatic hydroxyl groups excluding tert-OH is 2. The van der Waals surface area contributed by atoms with Crippen LogP contribution in [0.4, 0.5) is 5.82 Å². The Morgan fingerprint density at radius 1 is 1.31 bits per heavy atom. The number of hydrogen-bond acceptors (Lipinski definition) is 8. The molecule has 1 aliphatic heterocycles. The van der Waals surface area contributed by atoms with Gasteiger partial charge in [-0.3, -0.25) is 4.57 Å². The van der Waals surface area contributed by atoms with Crippen molar-refractivity contribution in [3.8, 4) is 22.5 Å². The van der Waals surface area contributed by atoms with Crippen molar-refractivity contribution in [1.82, 2.24) is 19.5 Å². The summed E-state index contributed by atoms with van der Waals surface area (Å²) in [6.07, 6.45) is 1.04. The van der Waals surface area contributed by atoms with Crippen LogP contribution in [-0.4, -0.2) is 48.5 Å². The van der Waals surface area contributed by atoms with Crippen LogP contribution in [0.15, 0.2) is 17.5 Å². The molecule has 152 valence electrons. The minimum atomic E-state index is -1.12. The van der Waals surface area contributed by atoms with Crippen LogP contribution >= 0.6 is 11.3 Å².